The number of nitriles is 1. The van der Waals surface area contributed by atoms with Gasteiger partial charge in [-0.15, -0.1) is 0 Å². The lowest BCUT2D eigenvalue weighted by Gasteiger charge is -2.27. The molecule has 0 atom stereocenters. The topological polar surface area (TPSA) is 97.5 Å². The van der Waals surface area contributed by atoms with Crippen molar-refractivity contribution in [1.82, 2.24) is 14.7 Å². The van der Waals surface area contributed by atoms with Gasteiger partial charge in [-0.3, -0.25) is 14.5 Å². The van der Waals surface area contributed by atoms with Crippen LogP contribution in [0.3, 0.4) is 0 Å². The predicted molar refractivity (Wildman–Crippen MR) is 169 cm³/mol. The number of hydrogen-bond acceptors (Lipinski definition) is 6. The van der Waals surface area contributed by atoms with Crippen LogP contribution in [0.5, 0.6) is 5.75 Å². The number of benzene rings is 3. The molecular weight excluding hydrogens is 599 g/mol. The number of rotatable bonds is 10. The van der Waals surface area contributed by atoms with E-state index in [4.69, 9.17) is 37.8 Å². The highest BCUT2D eigenvalue weighted by Gasteiger charge is 2.35. The van der Waals surface area contributed by atoms with Crippen molar-refractivity contribution >= 4 is 41.1 Å². The van der Waals surface area contributed by atoms with Gasteiger partial charge in [-0.05, 0) is 73.5 Å². The maximum absolute atomic E-state index is 13.6. The number of carbonyl (C=O) groups is 2. The van der Waals surface area contributed by atoms with Crippen LogP contribution in [0.1, 0.15) is 24.5 Å². The van der Waals surface area contributed by atoms with Crippen LogP contribution < -0.4 is 4.74 Å². The zero-order chi connectivity index (χ0) is 31.2. The van der Waals surface area contributed by atoms with E-state index in [1.165, 1.54) is 0 Å². The van der Waals surface area contributed by atoms with Crippen molar-refractivity contribution in [3.8, 4) is 28.8 Å². The lowest BCUT2D eigenvalue weighted by atomic mass is 9.93. The van der Waals surface area contributed by atoms with Crippen LogP contribution in [0.15, 0.2) is 95.7 Å². The normalized spacial score (nSPS) is 14.3. The molecule has 5 rings (SSSR count). The quantitative estimate of drug-likeness (QED) is 0.106. The molecule has 1 aliphatic heterocycles. The average Bonchev–Trinajstić information content (AvgIpc) is 3.45. The number of methoxy groups -OCH3 is 1. The minimum absolute atomic E-state index is 0.0624. The highest BCUT2D eigenvalue weighted by Crippen LogP contribution is 2.32. The summed E-state index contributed by atoms with van der Waals surface area (Å²) < 4.78 is 12.8. The van der Waals surface area contributed by atoms with Crippen molar-refractivity contribution in [3.05, 3.63) is 117 Å². The zero-order valence-corrected chi connectivity index (χ0v) is 25.6. The molecular formula is C34H28Cl2N4O4. The lowest BCUT2D eigenvalue weighted by molar-refractivity contribution is -0.140. The molecule has 0 radical (unpaired) electrons. The summed E-state index contributed by atoms with van der Waals surface area (Å²) in [6.07, 6.45) is 3.97. The first-order valence-corrected chi connectivity index (χ1v) is 14.6. The zero-order valence-electron chi connectivity index (χ0n) is 24.1. The Bertz CT molecular complexity index is 1810. The van der Waals surface area contributed by atoms with Crippen molar-refractivity contribution in [2.75, 3.05) is 20.3 Å². The Hall–Kier alpha value is -4.68. The van der Waals surface area contributed by atoms with E-state index in [2.05, 4.69) is 0 Å². The molecule has 0 unspecified atom stereocenters. The van der Waals surface area contributed by atoms with Crippen LogP contribution >= 0.6 is 23.2 Å². The fraction of sp³-hybridized carbons (Fsp3) is 0.176. The van der Waals surface area contributed by atoms with Gasteiger partial charge in [0.25, 0.3) is 11.8 Å². The Labute approximate surface area is 265 Å². The molecule has 1 aromatic heterocycles. The van der Waals surface area contributed by atoms with E-state index in [1.807, 2.05) is 72.9 Å². The van der Waals surface area contributed by atoms with Crippen molar-refractivity contribution in [1.29, 1.82) is 5.26 Å². The molecule has 10 heteroatoms. The second kappa shape index (κ2) is 13.7. The second-order valence-corrected chi connectivity index (χ2v) is 10.9. The third kappa shape index (κ3) is 6.61. The summed E-state index contributed by atoms with van der Waals surface area (Å²) in [6.45, 7) is 2.40. The lowest BCUT2D eigenvalue weighted by Crippen LogP contribution is -2.43. The van der Waals surface area contributed by atoms with Gasteiger partial charge in [0.1, 0.15) is 24.0 Å². The molecule has 2 heterocycles. The van der Waals surface area contributed by atoms with Gasteiger partial charge in [0.05, 0.1) is 11.4 Å². The molecule has 8 nitrogen and oxygen atoms in total. The van der Waals surface area contributed by atoms with E-state index >= 15 is 0 Å². The fourth-order valence-electron chi connectivity index (χ4n) is 4.79. The SMILES string of the molecule is COCCCN1C(=O)C(C#N)=C(C)/C(=C\c2cn(-c3ccccc3)nc2-c2ccc(OCc3ccc(Cl)cc3Cl)cc2)C1=O. The largest absolute Gasteiger partial charge is 0.489 e. The molecule has 2 amide bonds. The van der Waals surface area contributed by atoms with Gasteiger partial charge < -0.3 is 9.47 Å². The third-order valence-electron chi connectivity index (χ3n) is 7.16. The summed E-state index contributed by atoms with van der Waals surface area (Å²) in [5.41, 5.74) is 4.18. The molecule has 222 valence electrons. The number of para-hydroxylation sites is 1. The predicted octanol–water partition coefficient (Wildman–Crippen LogP) is 7.05. The third-order valence-corrected chi connectivity index (χ3v) is 7.74. The number of amides is 2. The van der Waals surface area contributed by atoms with Crippen LogP contribution in [0.2, 0.25) is 10.0 Å². The molecule has 0 N–H and O–H groups in total. The van der Waals surface area contributed by atoms with E-state index in [9.17, 15) is 14.9 Å². The summed E-state index contributed by atoms with van der Waals surface area (Å²) in [5, 5.41) is 15.7. The van der Waals surface area contributed by atoms with E-state index in [0.29, 0.717) is 45.7 Å². The standard InChI is InChI=1S/C34H28Cl2N4O4/c1-22-29(33(41)39(15-6-16-43-2)34(42)30(22)19-37)17-25-20-40(27-7-4-3-5-8-27)38-32(25)23-10-13-28(14-11-23)44-21-24-9-12-26(35)18-31(24)36/h3-5,7-14,17-18,20H,6,15-16,21H2,1-2H3/b29-17+. The van der Waals surface area contributed by atoms with Crippen LogP contribution in [-0.2, 0) is 20.9 Å². The van der Waals surface area contributed by atoms with Crippen molar-refractivity contribution in [2.24, 2.45) is 0 Å². The summed E-state index contributed by atoms with van der Waals surface area (Å²) in [6, 6.07) is 24.3. The van der Waals surface area contributed by atoms with Gasteiger partial charge in [-0.2, -0.15) is 10.4 Å². The molecule has 3 aromatic carbocycles. The van der Waals surface area contributed by atoms with Gasteiger partial charge >= 0.3 is 0 Å². The fourth-order valence-corrected chi connectivity index (χ4v) is 5.26. The number of ether oxygens (including phenoxy) is 2. The number of imide groups is 1. The molecule has 0 saturated heterocycles. The summed E-state index contributed by atoms with van der Waals surface area (Å²) >= 11 is 12.3. The maximum atomic E-state index is 13.6. The molecule has 0 saturated carbocycles. The number of aromatic nitrogens is 2. The van der Waals surface area contributed by atoms with Crippen LogP contribution in [0, 0.1) is 11.3 Å². The number of carbonyl (C=O) groups excluding carboxylic acids is 2. The molecule has 0 fully saturated rings. The number of hydrogen-bond donors (Lipinski definition) is 0. The van der Waals surface area contributed by atoms with Gasteiger partial charge in [-0.1, -0.05) is 47.5 Å². The van der Waals surface area contributed by atoms with Crippen molar-refractivity contribution in [2.45, 2.75) is 20.0 Å². The number of nitrogens with zero attached hydrogens (tertiary/aromatic N) is 4. The first-order valence-electron chi connectivity index (χ1n) is 13.8. The van der Waals surface area contributed by atoms with E-state index in [-0.39, 0.29) is 24.3 Å². The molecule has 4 aromatic rings. The minimum Gasteiger partial charge on any atom is -0.489 e. The Morgan fingerprint density at radius 3 is 2.43 bits per heavy atom. The monoisotopic (exact) mass is 626 g/mol. The van der Waals surface area contributed by atoms with Gasteiger partial charge in [0.15, 0.2) is 0 Å². The minimum atomic E-state index is -0.598. The van der Waals surface area contributed by atoms with E-state index in [0.717, 1.165) is 21.7 Å². The Morgan fingerprint density at radius 1 is 1.00 bits per heavy atom. The smallest absolute Gasteiger partial charge is 0.271 e. The van der Waals surface area contributed by atoms with Crippen LogP contribution in [0.4, 0.5) is 0 Å². The number of halogens is 2. The van der Waals surface area contributed by atoms with E-state index < -0.39 is 11.8 Å². The molecule has 1 aliphatic rings. The highest BCUT2D eigenvalue weighted by molar-refractivity contribution is 6.35. The van der Waals surface area contributed by atoms with Gasteiger partial charge in [-0.25, -0.2) is 4.68 Å². The van der Waals surface area contributed by atoms with E-state index in [1.54, 1.807) is 36.9 Å². The van der Waals surface area contributed by atoms with Gasteiger partial charge in [0, 0.05) is 58.8 Å². The Kier molecular flexibility index (Phi) is 9.61. The van der Waals surface area contributed by atoms with Crippen molar-refractivity contribution < 1.29 is 19.1 Å². The van der Waals surface area contributed by atoms with Gasteiger partial charge in [0.2, 0.25) is 0 Å². The summed E-state index contributed by atoms with van der Waals surface area (Å²) in [4.78, 5) is 27.7. The first-order chi connectivity index (χ1) is 21.3. The summed E-state index contributed by atoms with van der Waals surface area (Å²) in [7, 11) is 1.55. The Balaban J connectivity index is 1.52. The van der Waals surface area contributed by atoms with Crippen LogP contribution in [-0.4, -0.2) is 46.8 Å². The maximum Gasteiger partial charge on any atom is 0.271 e. The molecule has 0 spiro atoms. The Morgan fingerprint density at radius 2 is 1.75 bits per heavy atom. The second-order valence-electron chi connectivity index (χ2n) is 10.0. The summed E-state index contributed by atoms with van der Waals surface area (Å²) in [5.74, 6) is -0.433. The molecule has 0 bridgehead atoms. The van der Waals surface area contributed by atoms with Crippen molar-refractivity contribution in [3.63, 3.8) is 0 Å². The van der Waals surface area contributed by atoms with Crippen LogP contribution in [0.25, 0.3) is 23.0 Å². The molecule has 0 aliphatic carbocycles. The highest BCUT2D eigenvalue weighted by atomic mass is 35.5. The first kappa shape index (κ1) is 30.8. The average molecular weight is 628 g/mol. The molecule has 44 heavy (non-hydrogen) atoms.